The maximum absolute atomic E-state index is 2.57. The molecular formula is C52H62N2S. The Labute approximate surface area is 333 Å². The van der Waals surface area contributed by atoms with Crippen molar-refractivity contribution < 1.29 is 0 Å². The van der Waals surface area contributed by atoms with Crippen molar-refractivity contribution in [2.75, 3.05) is 0 Å². The molecule has 0 unspecified atom stereocenters. The average Bonchev–Trinajstić information content (AvgIpc) is 3.84. The van der Waals surface area contributed by atoms with E-state index in [1.165, 1.54) is 187 Å². The fourth-order valence-corrected chi connectivity index (χ4v) is 12.1. The van der Waals surface area contributed by atoms with Crippen molar-refractivity contribution in [3.63, 3.8) is 0 Å². The Hall–Kier alpha value is -3.82. The first-order valence-corrected chi connectivity index (χ1v) is 23.1. The molecule has 0 atom stereocenters. The van der Waals surface area contributed by atoms with E-state index >= 15 is 0 Å². The zero-order valence-electron chi connectivity index (χ0n) is 33.6. The minimum atomic E-state index is 0.165. The topological polar surface area (TPSA) is 9.86 Å². The lowest BCUT2D eigenvalue weighted by molar-refractivity contribution is 0.266. The molecule has 3 heterocycles. The van der Waals surface area contributed by atoms with E-state index < -0.39 is 0 Å². The first kappa shape index (κ1) is 36.8. The summed E-state index contributed by atoms with van der Waals surface area (Å²) in [5.74, 6) is 1.42. The van der Waals surface area contributed by atoms with E-state index in [-0.39, 0.29) is 5.41 Å². The Kier molecular flexibility index (Phi) is 10.9. The summed E-state index contributed by atoms with van der Waals surface area (Å²) in [4.78, 5) is 1.35. The number of nitrogens with zero attached hydrogens (tertiary/aromatic N) is 2. The minimum absolute atomic E-state index is 0.165. The van der Waals surface area contributed by atoms with Gasteiger partial charge in [-0.15, -0.1) is 11.3 Å². The molecule has 2 aliphatic rings. The summed E-state index contributed by atoms with van der Waals surface area (Å²) in [5.41, 5.74) is 9.68. The first-order chi connectivity index (χ1) is 27.1. The highest BCUT2D eigenvalue weighted by Gasteiger charge is 2.31. The molecular weight excluding hydrogens is 685 g/mol. The van der Waals surface area contributed by atoms with Gasteiger partial charge in [0, 0.05) is 27.5 Å². The Morgan fingerprint density at radius 1 is 0.491 bits per heavy atom. The van der Waals surface area contributed by atoms with Crippen molar-refractivity contribution >= 4 is 53.6 Å². The molecule has 7 aromatic rings. The lowest BCUT2D eigenvalue weighted by Gasteiger charge is -2.35. The molecule has 2 nitrogen and oxygen atoms in total. The number of hydrogen-bond acceptors (Lipinski definition) is 1. The zero-order chi connectivity index (χ0) is 37.2. The minimum Gasteiger partial charge on any atom is -0.308 e. The van der Waals surface area contributed by atoms with Gasteiger partial charge >= 0.3 is 0 Å². The van der Waals surface area contributed by atoms with E-state index in [0.717, 1.165) is 5.92 Å². The van der Waals surface area contributed by atoms with Gasteiger partial charge in [-0.25, -0.2) is 0 Å². The highest BCUT2D eigenvalue weighted by molar-refractivity contribution is 7.26. The summed E-state index contributed by atoms with van der Waals surface area (Å²) in [7, 11) is 0. The van der Waals surface area contributed by atoms with Gasteiger partial charge in [-0.2, -0.15) is 0 Å². The predicted octanol–water partition coefficient (Wildman–Crippen LogP) is 16.4. The third kappa shape index (κ3) is 7.20. The van der Waals surface area contributed by atoms with Crippen molar-refractivity contribution in [3.8, 4) is 11.4 Å². The van der Waals surface area contributed by atoms with Crippen molar-refractivity contribution in [3.05, 3.63) is 108 Å². The summed E-state index contributed by atoms with van der Waals surface area (Å²) >= 11 is 1.97. The van der Waals surface area contributed by atoms with E-state index in [1.54, 1.807) is 0 Å². The van der Waals surface area contributed by atoms with Crippen LogP contribution in [0.4, 0.5) is 0 Å². The zero-order valence-corrected chi connectivity index (χ0v) is 34.4. The Morgan fingerprint density at radius 3 is 1.56 bits per heavy atom. The van der Waals surface area contributed by atoms with Crippen LogP contribution < -0.4 is 0 Å². The molecule has 0 spiro atoms. The SMILES string of the molecule is CC(C)(c1ccc(-n2c3ccccc3c3c2sc2c4ccccc4n(-c4ccc(C5CCCCCCCCC5)cc4)c23)cc1)C1CCCCCCCCCC1. The molecule has 0 N–H and O–H groups in total. The first-order valence-electron chi connectivity index (χ1n) is 22.3. The summed E-state index contributed by atoms with van der Waals surface area (Å²) in [6, 6.07) is 37.7. The number of benzene rings is 4. The van der Waals surface area contributed by atoms with Gasteiger partial charge in [-0.05, 0) is 90.5 Å². The predicted molar refractivity (Wildman–Crippen MR) is 240 cm³/mol. The number of aromatic nitrogens is 2. The van der Waals surface area contributed by atoms with Crippen LogP contribution in [0.3, 0.4) is 0 Å². The van der Waals surface area contributed by atoms with Crippen LogP contribution in [0.15, 0.2) is 97.1 Å². The molecule has 3 heteroatoms. The van der Waals surface area contributed by atoms with Gasteiger partial charge in [-0.1, -0.05) is 171 Å². The highest BCUT2D eigenvalue weighted by atomic mass is 32.1. The molecule has 0 saturated heterocycles. The maximum Gasteiger partial charge on any atom is 0.111 e. The van der Waals surface area contributed by atoms with Crippen LogP contribution in [0.25, 0.3) is 53.6 Å². The van der Waals surface area contributed by atoms with E-state index in [9.17, 15) is 0 Å². The number of thiophene rings is 1. The molecule has 0 amide bonds. The molecule has 286 valence electrons. The number of rotatable bonds is 5. The second-order valence-electron chi connectivity index (χ2n) is 17.9. The second-order valence-corrected chi connectivity index (χ2v) is 18.9. The standard InChI is InChI=1S/C52H62N2S/c1-52(2,40-24-16-12-8-3-4-9-13-17-25-40)41-32-36-43(37-33-41)54-46-28-20-18-26-44(46)48-49-50(55-51(48)54)45-27-19-21-29-47(45)53(49)42-34-30-39(31-35-42)38-22-14-10-6-5-7-11-15-23-38/h18-21,26-38,40H,3-17,22-25H2,1-2H3. The van der Waals surface area contributed by atoms with Gasteiger partial charge in [0.05, 0.1) is 21.3 Å². The van der Waals surface area contributed by atoms with Gasteiger partial charge < -0.3 is 9.13 Å². The largest absolute Gasteiger partial charge is 0.308 e. The van der Waals surface area contributed by atoms with Gasteiger partial charge in [0.15, 0.2) is 0 Å². The summed E-state index contributed by atoms with van der Waals surface area (Å²) < 4.78 is 6.52. The molecule has 3 aromatic heterocycles. The van der Waals surface area contributed by atoms with Gasteiger partial charge in [0.25, 0.3) is 0 Å². The Balaban J connectivity index is 1.11. The highest BCUT2D eigenvalue weighted by Crippen LogP contribution is 2.48. The van der Waals surface area contributed by atoms with Crippen LogP contribution in [-0.2, 0) is 5.41 Å². The van der Waals surface area contributed by atoms with Crippen LogP contribution in [0.2, 0.25) is 0 Å². The third-order valence-corrected chi connectivity index (χ3v) is 15.3. The molecule has 0 bridgehead atoms. The van der Waals surface area contributed by atoms with Crippen LogP contribution in [0.5, 0.6) is 0 Å². The molecule has 2 aliphatic carbocycles. The summed E-state index contributed by atoms with van der Waals surface area (Å²) in [6.07, 6.45) is 26.4. The maximum atomic E-state index is 2.57. The molecule has 2 fully saturated rings. The van der Waals surface area contributed by atoms with Gasteiger partial charge in [0.1, 0.15) is 4.83 Å². The number of hydrogen-bond donors (Lipinski definition) is 0. The van der Waals surface area contributed by atoms with Crippen molar-refractivity contribution in [2.24, 2.45) is 5.92 Å². The smallest absolute Gasteiger partial charge is 0.111 e. The van der Waals surface area contributed by atoms with Gasteiger partial charge in [0.2, 0.25) is 0 Å². The van der Waals surface area contributed by atoms with Crippen LogP contribution in [-0.4, -0.2) is 9.13 Å². The fraction of sp³-hybridized carbons (Fsp3) is 0.462. The average molecular weight is 747 g/mol. The van der Waals surface area contributed by atoms with Crippen molar-refractivity contribution in [1.29, 1.82) is 0 Å². The van der Waals surface area contributed by atoms with Crippen LogP contribution in [0, 0.1) is 5.92 Å². The molecule has 55 heavy (non-hydrogen) atoms. The van der Waals surface area contributed by atoms with E-state index in [2.05, 4.69) is 120 Å². The van der Waals surface area contributed by atoms with Crippen LogP contribution >= 0.6 is 11.3 Å². The lowest BCUT2D eigenvalue weighted by Crippen LogP contribution is -2.29. The van der Waals surface area contributed by atoms with Crippen LogP contribution in [0.1, 0.15) is 153 Å². The summed E-state index contributed by atoms with van der Waals surface area (Å²) in [6.45, 7) is 5.05. The van der Waals surface area contributed by atoms with E-state index in [4.69, 9.17) is 0 Å². The summed E-state index contributed by atoms with van der Waals surface area (Å²) in [5, 5.41) is 4.07. The van der Waals surface area contributed by atoms with Gasteiger partial charge in [-0.3, -0.25) is 0 Å². The molecule has 0 aliphatic heterocycles. The number of para-hydroxylation sites is 2. The molecule has 9 rings (SSSR count). The molecule has 4 aromatic carbocycles. The normalized spacial score (nSPS) is 18.3. The third-order valence-electron chi connectivity index (χ3n) is 14.1. The van der Waals surface area contributed by atoms with Crippen molar-refractivity contribution in [2.45, 2.75) is 147 Å². The lowest BCUT2D eigenvalue weighted by atomic mass is 9.69. The molecule has 2 saturated carbocycles. The van der Waals surface area contributed by atoms with E-state index in [1.807, 2.05) is 11.3 Å². The quantitative estimate of drug-likeness (QED) is 0.166. The number of fused-ring (bicyclic) bond motifs is 7. The Bertz CT molecular complexity index is 2320. The Morgan fingerprint density at radius 2 is 0.964 bits per heavy atom. The van der Waals surface area contributed by atoms with Crippen molar-refractivity contribution in [1.82, 2.24) is 9.13 Å². The second kappa shape index (κ2) is 16.3. The monoisotopic (exact) mass is 746 g/mol. The fourth-order valence-electron chi connectivity index (χ4n) is 10.7. The van der Waals surface area contributed by atoms with E-state index in [0.29, 0.717) is 5.92 Å². The molecule has 0 radical (unpaired) electrons.